The summed E-state index contributed by atoms with van der Waals surface area (Å²) in [5.74, 6) is 0.204. The van der Waals surface area contributed by atoms with Gasteiger partial charge in [0.25, 0.3) is 0 Å². The summed E-state index contributed by atoms with van der Waals surface area (Å²) in [6.45, 7) is 4.03. The van der Waals surface area contributed by atoms with Crippen LogP contribution in [0.1, 0.15) is 42.1 Å². The molecule has 0 radical (unpaired) electrons. The van der Waals surface area contributed by atoms with E-state index >= 15 is 0 Å². The summed E-state index contributed by atoms with van der Waals surface area (Å²) in [6.07, 6.45) is 1.23. The van der Waals surface area contributed by atoms with Crippen LogP contribution in [0.5, 0.6) is 5.75 Å². The Morgan fingerprint density at radius 2 is 1.78 bits per heavy atom. The Kier molecular flexibility index (Phi) is 7.05. The molecule has 1 heterocycles. The Balaban J connectivity index is 1.57. The lowest BCUT2D eigenvalue weighted by molar-refractivity contribution is -0.144. The molecule has 1 saturated heterocycles. The second-order valence-corrected chi connectivity index (χ2v) is 8.28. The Labute approximate surface area is 188 Å². The largest absolute Gasteiger partial charge is 0.489 e. The molecule has 6 nitrogen and oxygen atoms in total. The number of nitrogens with one attached hydrogen (secondary N) is 1. The second-order valence-electron chi connectivity index (χ2n) is 8.28. The summed E-state index contributed by atoms with van der Waals surface area (Å²) in [6, 6.07) is 20.0. The molecule has 2 atom stereocenters. The van der Waals surface area contributed by atoms with Crippen LogP contribution in [0, 0.1) is 0 Å². The van der Waals surface area contributed by atoms with Crippen LogP contribution in [0.2, 0.25) is 0 Å². The van der Waals surface area contributed by atoms with E-state index in [-0.39, 0.29) is 12.1 Å². The Morgan fingerprint density at radius 3 is 2.47 bits per heavy atom. The van der Waals surface area contributed by atoms with E-state index < -0.39 is 12.1 Å². The normalized spacial score (nSPS) is 16.9. The molecule has 3 aromatic rings. The molecule has 0 bridgehead atoms. The predicted octanol–water partition coefficient (Wildman–Crippen LogP) is 3.39. The van der Waals surface area contributed by atoms with E-state index in [1.165, 1.54) is 0 Å². The van der Waals surface area contributed by atoms with Crippen molar-refractivity contribution in [1.29, 1.82) is 0 Å². The van der Waals surface area contributed by atoms with Crippen molar-refractivity contribution in [3.8, 4) is 5.75 Å². The van der Waals surface area contributed by atoms with Crippen LogP contribution in [0.4, 0.5) is 0 Å². The van der Waals surface area contributed by atoms with Crippen LogP contribution in [-0.2, 0) is 16.0 Å². The molecule has 1 fully saturated rings. The van der Waals surface area contributed by atoms with Crippen molar-refractivity contribution in [3.63, 3.8) is 0 Å². The van der Waals surface area contributed by atoms with Crippen molar-refractivity contribution in [3.05, 3.63) is 77.4 Å². The summed E-state index contributed by atoms with van der Waals surface area (Å²) >= 11 is 0. The molecule has 1 aliphatic heterocycles. The van der Waals surface area contributed by atoms with Crippen molar-refractivity contribution in [2.75, 3.05) is 19.7 Å². The number of nitrogens with two attached hydrogens (primary N) is 2. The summed E-state index contributed by atoms with van der Waals surface area (Å²) in [4.78, 5) is 12.8. The van der Waals surface area contributed by atoms with Crippen molar-refractivity contribution in [1.82, 2.24) is 5.32 Å². The highest BCUT2D eigenvalue weighted by molar-refractivity contribution is 5.84. The van der Waals surface area contributed by atoms with E-state index in [1.807, 2.05) is 49.4 Å². The quantitative estimate of drug-likeness (QED) is 0.372. The molecule has 0 aromatic heterocycles. The van der Waals surface area contributed by atoms with Crippen molar-refractivity contribution in [2.24, 2.45) is 11.5 Å². The molecule has 5 N–H and O–H groups in total. The number of hydrogen-bond acceptors (Lipinski definition) is 6. The first-order valence-corrected chi connectivity index (χ1v) is 11.2. The third kappa shape index (κ3) is 5.27. The monoisotopic (exact) mass is 433 g/mol. The van der Waals surface area contributed by atoms with Gasteiger partial charge in [-0.15, -0.1) is 0 Å². The minimum Gasteiger partial charge on any atom is -0.489 e. The number of carbonyl (C=O) groups is 1. The fourth-order valence-electron chi connectivity index (χ4n) is 4.16. The maximum Gasteiger partial charge on any atom is 0.313 e. The van der Waals surface area contributed by atoms with Crippen LogP contribution in [0.15, 0.2) is 60.7 Å². The minimum absolute atomic E-state index is 0.200. The Morgan fingerprint density at radius 1 is 1.03 bits per heavy atom. The standard InChI is InChI=1S/C26H31N3O3/c1-2-31-26(30)24(19-7-9-22(10-8-19)32-23-11-12-29-16-23)14-17-3-4-18-5-6-20(25(27)28)15-21(18)13-17/h3-10,13,15,23-25,29H,2,11-12,14,16,27-28H2,1H3. The predicted molar refractivity (Wildman–Crippen MR) is 126 cm³/mol. The average Bonchev–Trinajstić information content (AvgIpc) is 3.31. The van der Waals surface area contributed by atoms with E-state index in [0.29, 0.717) is 13.0 Å². The number of ether oxygens (including phenoxy) is 2. The molecule has 0 amide bonds. The molecule has 2 unspecified atom stereocenters. The van der Waals surface area contributed by atoms with Gasteiger partial charge in [-0.05, 0) is 72.0 Å². The molecule has 168 valence electrons. The first-order chi connectivity index (χ1) is 15.5. The van der Waals surface area contributed by atoms with Gasteiger partial charge in [-0.3, -0.25) is 4.79 Å². The third-order valence-corrected chi connectivity index (χ3v) is 5.92. The second kappa shape index (κ2) is 10.1. The first kappa shape index (κ1) is 22.3. The lowest BCUT2D eigenvalue weighted by Gasteiger charge is -2.18. The molecule has 4 rings (SSSR count). The van der Waals surface area contributed by atoms with Gasteiger partial charge >= 0.3 is 5.97 Å². The smallest absolute Gasteiger partial charge is 0.313 e. The molecule has 0 saturated carbocycles. The highest BCUT2D eigenvalue weighted by Crippen LogP contribution is 2.28. The minimum atomic E-state index is -0.518. The van der Waals surface area contributed by atoms with Crippen LogP contribution in [0.3, 0.4) is 0 Å². The zero-order chi connectivity index (χ0) is 22.5. The fourth-order valence-corrected chi connectivity index (χ4v) is 4.16. The lowest BCUT2D eigenvalue weighted by atomic mass is 9.90. The van der Waals surface area contributed by atoms with Crippen LogP contribution in [-0.4, -0.2) is 31.8 Å². The van der Waals surface area contributed by atoms with E-state index in [2.05, 4.69) is 23.5 Å². The average molecular weight is 434 g/mol. The number of esters is 1. The van der Waals surface area contributed by atoms with Gasteiger partial charge in [0.1, 0.15) is 11.9 Å². The van der Waals surface area contributed by atoms with E-state index in [1.54, 1.807) is 0 Å². The number of carbonyl (C=O) groups excluding carboxylic acids is 1. The Bertz CT molecular complexity index is 1060. The van der Waals surface area contributed by atoms with Crippen LogP contribution in [0.25, 0.3) is 10.8 Å². The maximum absolute atomic E-state index is 12.8. The lowest BCUT2D eigenvalue weighted by Crippen LogP contribution is -2.20. The van der Waals surface area contributed by atoms with Crippen molar-refractivity contribution < 1.29 is 14.3 Å². The topological polar surface area (TPSA) is 99.6 Å². The number of fused-ring (bicyclic) bond motifs is 1. The number of benzene rings is 3. The molecule has 0 spiro atoms. The highest BCUT2D eigenvalue weighted by atomic mass is 16.5. The van der Waals surface area contributed by atoms with Gasteiger partial charge in [-0.1, -0.05) is 42.5 Å². The summed E-state index contributed by atoms with van der Waals surface area (Å²) in [7, 11) is 0. The highest BCUT2D eigenvalue weighted by Gasteiger charge is 2.23. The van der Waals surface area contributed by atoms with Gasteiger partial charge in [-0.2, -0.15) is 0 Å². The van der Waals surface area contributed by atoms with E-state index in [4.69, 9.17) is 20.9 Å². The first-order valence-electron chi connectivity index (χ1n) is 11.2. The fraction of sp³-hybridized carbons (Fsp3) is 0.346. The maximum atomic E-state index is 12.8. The van der Waals surface area contributed by atoms with E-state index in [9.17, 15) is 4.79 Å². The molecular weight excluding hydrogens is 402 g/mol. The van der Waals surface area contributed by atoms with Gasteiger partial charge in [0, 0.05) is 6.54 Å². The van der Waals surface area contributed by atoms with Gasteiger partial charge in [-0.25, -0.2) is 0 Å². The van der Waals surface area contributed by atoms with Gasteiger partial charge in [0.2, 0.25) is 0 Å². The number of hydrogen-bond donors (Lipinski definition) is 3. The van der Waals surface area contributed by atoms with Gasteiger partial charge in [0.15, 0.2) is 0 Å². The zero-order valence-corrected chi connectivity index (χ0v) is 18.4. The summed E-state index contributed by atoms with van der Waals surface area (Å²) < 4.78 is 11.4. The van der Waals surface area contributed by atoms with Crippen LogP contribution >= 0.6 is 0 Å². The summed E-state index contributed by atoms with van der Waals surface area (Å²) in [5.41, 5.74) is 14.5. The summed E-state index contributed by atoms with van der Waals surface area (Å²) in [5, 5.41) is 5.46. The zero-order valence-electron chi connectivity index (χ0n) is 18.4. The van der Waals surface area contributed by atoms with Gasteiger partial charge in [0.05, 0.1) is 18.7 Å². The van der Waals surface area contributed by atoms with Crippen molar-refractivity contribution in [2.45, 2.75) is 38.0 Å². The van der Waals surface area contributed by atoms with Gasteiger partial charge < -0.3 is 26.3 Å². The molecule has 1 aliphatic rings. The molecular formula is C26H31N3O3. The Hall–Kier alpha value is -2.93. The molecule has 6 heteroatoms. The molecule has 3 aromatic carbocycles. The molecule has 32 heavy (non-hydrogen) atoms. The van der Waals surface area contributed by atoms with E-state index in [0.717, 1.165) is 52.7 Å². The number of rotatable bonds is 8. The molecule has 0 aliphatic carbocycles. The SMILES string of the molecule is CCOC(=O)C(Cc1ccc2ccc(C(N)N)cc2c1)c1ccc(OC2CCNC2)cc1. The van der Waals surface area contributed by atoms with Crippen LogP contribution < -0.4 is 21.5 Å². The third-order valence-electron chi connectivity index (χ3n) is 5.92. The van der Waals surface area contributed by atoms with Crippen molar-refractivity contribution >= 4 is 16.7 Å².